The number of carbonyl (C=O) groups excluding carboxylic acids is 3. The van der Waals surface area contributed by atoms with E-state index in [0.29, 0.717) is 69.7 Å². The average Bonchev–Trinajstić information content (AvgIpc) is 3.48. The number of ketones is 2. The minimum absolute atomic E-state index is 0.0414. The van der Waals surface area contributed by atoms with Crippen LogP contribution in [0.2, 0.25) is 0 Å². The SMILES string of the molecule is O=C1CC[C@H](N2Cc3cc(NCCCOCCOCCOc4ccc([C@@H]5c6ccc(O)cc6CC[C@@H]5c5ccccc5)cc4)ccc3C2=O)C(=O)C1. The van der Waals surface area contributed by atoms with Crippen LogP contribution < -0.4 is 10.1 Å². The van der Waals surface area contributed by atoms with E-state index in [1.807, 2.05) is 36.4 Å². The van der Waals surface area contributed by atoms with Gasteiger partial charge >= 0.3 is 0 Å². The van der Waals surface area contributed by atoms with Crippen molar-refractivity contribution in [2.24, 2.45) is 0 Å². The molecule has 0 aromatic heterocycles. The summed E-state index contributed by atoms with van der Waals surface area (Å²) in [6, 6.07) is 30.1. The molecule has 2 N–H and O–H groups in total. The molecule has 4 aromatic rings. The third kappa shape index (κ3) is 8.22. The molecule has 7 rings (SSSR count). The second-order valence-electron chi connectivity index (χ2n) is 13.9. The molecule has 0 spiro atoms. The Labute approximate surface area is 304 Å². The lowest BCUT2D eigenvalue weighted by molar-refractivity contribution is -0.133. The number of hydrogen-bond donors (Lipinski definition) is 2. The second-order valence-corrected chi connectivity index (χ2v) is 13.9. The van der Waals surface area contributed by atoms with E-state index in [1.165, 1.54) is 22.3 Å². The Kier molecular flexibility index (Phi) is 11.3. The Balaban J connectivity index is 0.784. The molecule has 3 aliphatic rings. The predicted molar refractivity (Wildman–Crippen MR) is 198 cm³/mol. The van der Waals surface area contributed by atoms with Crippen molar-refractivity contribution in [3.8, 4) is 11.5 Å². The first-order valence-corrected chi connectivity index (χ1v) is 18.4. The number of aromatic hydroxyl groups is 1. The van der Waals surface area contributed by atoms with Crippen molar-refractivity contribution in [1.82, 2.24) is 4.90 Å². The zero-order chi connectivity index (χ0) is 35.9. The summed E-state index contributed by atoms with van der Waals surface area (Å²) in [5, 5.41) is 13.5. The Morgan fingerprint density at radius 1 is 0.750 bits per heavy atom. The fourth-order valence-electron chi connectivity index (χ4n) is 7.89. The van der Waals surface area contributed by atoms with Gasteiger partial charge in [-0.1, -0.05) is 48.5 Å². The van der Waals surface area contributed by atoms with Crippen LogP contribution in [-0.4, -0.2) is 73.1 Å². The number of nitrogens with one attached hydrogen (secondary N) is 1. The molecule has 1 fully saturated rings. The Morgan fingerprint density at radius 3 is 2.35 bits per heavy atom. The molecule has 3 atom stereocenters. The topological polar surface area (TPSA) is 114 Å². The monoisotopic (exact) mass is 702 g/mol. The van der Waals surface area contributed by atoms with Crippen LogP contribution in [0.1, 0.15) is 82.1 Å². The summed E-state index contributed by atoms with van der Waals surface area (Å²) in [5.74, 6) is 1.36. The molecule has 0 unspecified atom stereocenters. The van der Waals surface area contributed by atoms with Gasteiger partial charge in [-0.25, -0.2) is 0 Å². The molecule has 0 bridgehead atoms. The van der Waals surface area contributed by atoms with Crippen molar-refractivity contribution in [2.75, 3.05) is 44.9 Å². The quantitative estimate of drug-likeness (QED) is 0.103. The number of phenols is 1. The number of rotatable bonds is 15. The van der Waals surface area contributed by atoms with Gasteiger partial charge in [-0.3, -0.25) is 14.4 Å². The van der Waals surface area contributed by atoms with Crippen molar-refractivity contribution < 1.29 is 33.7 Å². The van der Waals surface area contributed by atoms with Gasteiger partial charge in [0.15, 0.2) is 5.78 Å². The van der Waals surface area contributed by atoms with E-state index >= 15 is 0 Å². The van der Waals surface area contributed by atoms with E-state index in [0.717, 1.165) is 42.8 Å². The minimum atomic E-state index is -0.501. The van der Waals surface area contributed by atoms with E-state index < -0.39 is 6.04 Å². The van der Waals surface area contributed by atoms with Gasteiger partial charge in [0, 0.05) is 43.3 Å². The van der Waals surface area contributed by atoms with Crippen LogP contribution in [0.25, 0.3) is 0 Å². The van der Waals surface area contributed by atoms with Crippen molar-refractivity contribution in [3.05, 3.63) is 124 Å². The van der Waals surface area contributed by atoms with E-state index in [9.17, 15) is 19.5 Å². The normalized spacial score (nSPS) is 19.7. The standard InChI is InChI=1S/C43H46N2O7/c46-34-11-17-38-31(26-34)9-15-37(29-5-2-1-3-6-29)42(38)30-7-13-36(14-8-30)52-24-23-51-22-21-50-20-4-19-44-33-10-16-39-32(25-33)28-45(43(39)49)40-18-12-35(47)27-41(40)48/h1-3,5-8,10-11,13-14,16-17,25-26,37,40,42,44,46H,4,9,12,15,18-24,27-28H2/t37-,40+,42+/m1/s1. The third-order valence-electron chi connectivity index (χ3n) is 10.5. The van der Waals surface area contributed by atoms with Crippen LogP contribution in [0, 0.1) is 0 Å². The summed E-state index contributed by atoms with van der Waals surface area (Å²) < 4.78 is 17.4. The highest BCUT2D eigenvalue weighted by Crippen LogP contribution is 2.47. The molecule has 1 aliphatic heterocycles. The summed E-state index contributed by atoms with van der Waals surface area (Å²) in [6.45, 7) is 3.61. The molecule has 9 nitrogen and oxygen atoms in total. The first kappa shape index (κ1) is 35.4. The average molecular weight is 703 g/mol. The summed E-state index contributed by atoms with van der Waals surface area (Å²) in [6.07, 6.45) is 3.48. The number of amides is 1. The highest BCUT2D eigenvalue weighted by Gasteiger charge is 2.39. The molecule has 1 heterocycles. The largest absolute Gasteiger partial charge is 0.508 e. The number of carbonyl (C=O) groups is 3. The number of hydrogen-bond acceptors (Lipinski definition) is 8. The summed E-state index contributed by atoms with van der Waals surface area (Å²) >= 11 is 0. The number of ether oxygens (including phenoxy) is 3. The van der Waals surface area contributed by atoms with Gasteiger partial charge in [-0.05, 0) is 102 Å². The lowest BCUT2D eigenvalue weighted by atomic mass is 9.69. The molecular weight excluding hydrogens is 656 g/mol. The van der Waals surface area contributed by atoms with Crippen LogP contribution >= 0.6 is 0 Å². The highest BCUT2D eigenvalue weighted by atomic mass is 16.5. The third-order valence-corrected chi connectivity index (χ3v) is 10.5. The molecular formula is C43H46N2O7. The smallest absolute Gasteiger partial charge is 0.255 e. The number of aryl methyl sites for hydroxylation is 1. The first-order valence-electron chi connectivity index (χ1n) is 18.4. The van der Waals surface area contributed by atoms with Gasteiger partial charge in [0.25, 0.3) is 5.91 Å². The van der Waals surface area contributed by atoms with E-state index in [1.54, 1.807) is 11.0 Å². The van der Waals surface area contributed by atoms with Gasteiger partial charge in [0.05, 0.1) is 32.3 Å². The predicted octanol–water partition coefficient (Wildman–Crippen LogP) is 6.81. The number of benzene rings is 4. The van der Waals surface area contributed by atoms with E-state index in [4.69, 9.17) is 14.2 Å². The maximum Gasteiger partial charge on any atom is 0.255 e. The molecule has 270 valence electrons. The maximum absolute atomic E-state index is 12.9. The zero-order valence-electron chi connectivity index (χ0n) is 29.4. The number of fused-ring (bicyclic) bond motifs is 2. The first-order chi connectivity index (χ1) is 25.4. The fourth-order valence-corrected chi connectivity index (χ4v) is 7.89. The summed E-state index contributed by atoms with van der Waals surface area (Å²) in [4.78, 5) is 38.5. The van der Waals surface area contributed by atoms with Gasteiger partial charge < -0.3 is 29.5 Å². The Morgan fingerprint density at radius 2 is 1.54 bits per heavy atom. The fraction of sp³-hybridized carbons (Fsp3) is 0.372. The van der Waals surface area contributed by atoms with Crippen LogP contribution in [0.3, 0.4) is 0 Å². The number of anilines is 1. The molecule has 2 aliphatic carbocycles. The van der Waals surface area contributed by atoms with Crippen LogP contribution in [-0.2, 0) is 32.0 Å². The number of nitrogens with zero attached hydrogens (tertiary/aromatic N) is 1. The summed E-state index contributed by atoms with van der Waals surface area (Å²) in [5.41, 5.74) is 7.52. The molecule has 4 aromatic carbocycles. The molecule has 0 saturated heterocycles. The van der Waals surface area contributed by atoms with Crippen molar-refractivity contribution in [2.45, 2.75) is 62.9 Å². The van der Waals surface area contributed by atoms with Crippen LogP contribution in [0.4, 0.5) is 5.69 Å². The van der Waals surface area contributed by atoms with Crippen molar-refractivity contribution >= 4 is 23.2 Å². The van der Waals surface area contributed by atoms with Gasteiger partial charge in [-0.2, -0.15) is 0 Å². The molecule has 0 radical (unpaired) electrons. The van der Waals surface area contributed by atoms with E-state index in [-0.39, 0.29) is 29.8 Å². The number of phenolic OH excluding ortho intramolecular Hbond substituents is 1. The lowest BCUT2D eigenvalue weighted by Crippen LogP contribution is -2.44. The Bertz CT molecular complexity index is 1880. The van der Waals surface area contributed by atoms with Crippen molar-refractivity contribution in [3.63, 3.8) is 0 Å². The second kappa shape index (κ2) is 16.6. The van der Waals surface area contributed by atoms with Gasteiger partial charge in [0.2, 0.25) is 0 Å². The lowest BCUT2D eigenvalue weighted by Gasteiger charge is -2.34. The molecule has 9 heteroatoms. The number of Topliss-reactive ketones (excluding diaryl/α,β-unsaturated/α-hetero) is 2. The molecule has 1 saturated carbocycles. The van der Waals surface area contributed by atoms with Crippen LogP contribution in [0.15, 0.2) is 91.0 Å². The van der Waals surface area contributed by atoms with Crippen molar-refractivity contribution in [1.29, 1.82) is 0 Å². The van der Waals surface area contributed by atoms with E-state index in [2.05, 4.69) is 53.8 Å². The maximum atomic E-state index is 12.9. The van der Waals surface area contributed by atoms with Gasteiger partial charge in [-0.15, -0.1) is 0 Å². The molecule has 52 heavy (non-hydrogen) atoms. The minimum Gasteiger partial charge on any atom is -0.508 e. The zero-order valence-corrected chi connectivity index (χ0v) is 29.4. The van der Waals surface area contributed by atoms with Crippen LogP contribution in [0.5, 0.6) is 11.5 Å². The van der Waals surface area contributed by atoms with Gasteiger partial charge in [0.1, 0.15) is 23.9 Å². The highest BCUT2D eigenvalue weighted by molar-refractivity contribution is 6.07. The summed E-state index contributed by atoms with van der Waals surface area (Å²) in [7, 11) is 0. The Hall–Kier alpha value is -4.99. The molecule has 1 amide bonds.